The number of amides is 3. The van der Waals surface area contributed by atoms with Gasteiger partial charge in [-0.3, -0.25) is 4.79 Å². The molecule has 8 heteroatoms. The molecule has 2 saturated heterocycles. The van der Waals surface area contributed by atoms with Crippen LogP contribution in [-0.2, 0) is 9.53 Å². The molecule has 0 saturated carbocycles. The molecule has 2 aliphatic heterocycles. The van der Waals surface area contributed by atoms with Crippen molar-refractivity contribution >= 4 is 17.6 Å². The Hall–Kier alpha value is -3.13. The van der Waals surface area contributed by atoms with Crippen LogP contribution >= 0.6 is 0 Å². The van der Waals surface area contributed by atoms with E-state index in [1.165, 1.54) is 0 Å². The highest BCUT2D eigenvalue weighted by atomic mass is 16.5. The highest BCUT2D eigenvalue weighted by Gasteiger charge is 2.33. The highest BCUT2D eigenvalue weighted by Crippen LogP contribution is 2.28. The monoisotopic (exact) mass is 438 g/mol. The molecule has 8 nitrogen and oxygen atoms in total. The summed E-state index contributed by atoms with van der Waals surface area (Å²) < 4.78 is 11.6. The summed E-state index contributed by atoms with van der Waals surface area (Å²) in [4.78, 5) is 33.7. The molecule has 2 atom stereocenters. The van der Waals surface area contributed by atoms with E-state index in [4.69, 9.17) is 9.47 Å². The Labute approximate surface area is 188 Å². The summed E-state index contributed by atoms with van der Waals surface area (Å²) in [5.74, 6) is 1.12. The van der Waals surface area contributed by atoms with E-state index < -0.39 is 0 Å². The fourth-order valence-electron chi connectivity index (χ4n) is 4.31. The maximum Gasteiger partial charge on any atom is 0.321 e. The smallest absolute Gasteiger partial charge is 0.321 e. The molecule has 170 valence electrons. The number of rotatable bonds is 4. The maximum absolute atomic E-state index is 13.0. The van der Waals surface area contributed by atoms with Gasteiger partial charge >= 0.3 is 6.03 Å². The highest BCUT2D eigenvalue weighted by molar-refractivity contribution is 5.91. The topological polar surface area (TPSA) is 84.0 Å². The predicted molar refractivity (Wildman–Crippen MR) is 121 cm³/mol. The lowest BCUT2D eigenvalue weighted by Crippen LogP contribution is -2.52. The molecule has 0 bridgehead atoms. The fourth-order valence-corrected chi connectivity index (χ4v) is 4.31. The number of piperidine rings is 1. The molecule has 4 rings (SSSR count). The van der Waals surface area contributed by atoms with E-state index in [0.29, 0.717) is 56.3 Å². The van der Waals surface area contributed by atoms with Gasteiger partial charge in [-0.15, -0.1) is 0 Å². The van der Waals surface area contributed by atoms with Crippen LogP contribution in [0.25, 0.3) is 0 Å². The van der Waals surface area contributed by atoms with E-state index in [9.17, 15) is 9.59 Å². The van der Waals surface area contributed by atoms with Crippen molar-refractivity contribution in [1.29, 1.82) is 0 Å². The molecule has 1 aromatic carbocycles. The molecule has 1 aromatic heterocycles. The van der Waals surface area contributed by atoms with Gasteiger partial charge in [0.15, 0.2) is 0 Å². The van der Waals surface area contributed by atoms with Crippen LogP contribution in [0.5, 0.6) is 11.6 Å². The number of urea groups is 1. The van der Waals surface area contributed by atoms with Crippen molar-refractivity contribution in [2.75, 3.05) is 31.5 Å². The zero-order valence-corrected chi connectivity index (χ0v) is 18.6. The van der Waals surface area contributed by atoms with E-state index in [1.54, 1.807) is 23.2 Å². The molecular weight excluding hydrogens is 408 g/mol. The minimum atomic E-state index is -0.213. The lowest BCUT2D eigenvalue weighted by atomic mass is 9.95. The number of anilines is 1. The number of benzene rings is 1. The first-order valence-electron chi connectivity index (χ1n) is 11.2. The van der Waals surface area contributed by atoms with Crippen LogP contribution < -0.4 is 10.1 Å². The average Bonchev–Trinajstić information content (AvgIpc) is 2.80. The first kappa shape index (κ1) is 22.1. The first-order valence-corrected chi connectivity index (χ1v) is 11.2. The SMILES string of the molecule is CC1CN(C(=O)C2CCN(C(=O)Nc3cccnc3Oc3ccccc3)CC2)CC(C)O1. The number of hydrogen-bond acceptors (Lipinski definition) is 5. The molecular formula is C24H30N4O4. The van der Waals surface area contributed by atoms with Gasteiger partial charge in [-0.2, -0.15) is 0 Å². The predicted octanol–water partition coefficient (Wildman–Crippen LogP) is 3.75. The normalized spacial score (nSPS) is 21.8. The van der Waals surface area contributed by atoms with Gasteiger partial charge in [-0.05, 0) is 51.0 Å². The quantitative estimate of drug-likeness (QED) is 0.786. The zero-order chi connectivity index (χ0) is 22.5. The van der Waals surface area contributed by atoms with Crippen LogP contribution in [0, 0.1) is 5.92 Å². The second-order valence-corrected chi connectivity index (χ2v) is 8.46. The number of pyridine rings is 1. The average molecular weight is 439 g/mol. The molecule has 3 heterocycles. The summed E-state index contributed by atoms with van der Waals surface area (Å²) in [6.07, 6.45) is 3.05. The lowest BCUT2D eigenvalue weighted by Gasteiger charge is -2.39. The van der Waals surface area contributed by atoms with Gasteiger partial charge in [0.05, 0.1) is 12.2 Å². The molecule has 0 spiro atoms. The van der Waals surface area contributed by atoms with E-state index >= 15 is 0 Å². The van der Waals surface area contributed by atoms with Gasteiger partial charge in [0.1, 0.15) is 11.4 Å². The fraction of sp³-hybridized carbons (Fsp3) is 0.458. The molecule has 32 heavy (non-hydrogen) atoms. The van der Waals surface area contributed by atoms with E-state index in [1.807, 2.05) is 49.1 Å². The van der Waals surface area contributed by atoms with Crippen LogP contribution in [0.1, 0.15) is 26.7 Å². The summed E-state index contributed by atoms with van der Waals surface area (Å²) in [5.41, 5.74) is 0.510. The number of para-hydroxylation sites is 1. The third kappa shape index (κ3) is 5.37. The van der Waals surface area contributed by atoms with Gasteiger partial charge < -0.3 is 24.6 Å². The Kier molecular flexibility index (Phi) is 6.90. The Morgan fingerprint density at radius 1 is 1.00 bits per heavy atom. The van der Waals surface area contributed by atoms with E-state index in [2.05, 4.69) is 10.3 Å². The third-order valence-electron chi connectivity index (χ3n) is 5.83. The summed E-state index contributed by atoms with van der Waals surface area (Å²) in [6.45, 7) is 6.33. The molecule has 2 unspecified atom stereocenters. The van der Waals surface area contributed by atoms with Gasteiger partial charge in [-0.25, -0.2) is 9.78 Å². The van der Waals surface area contributed by atoms with Crippen molar-refractivity contribution in [3.05, 3.63) is 48.7 Å². The molecule has 3 amide bonds. The van der Waals surface area contributed by atoms with Crippen LogP contribution in [0.4, 0.5) is 10.5 Å². The number of likely N-dealkylation sites (tertiary alicyclic amines) is 1. The Morgan fingerprint density at radius 2 is 1.69 bits per heavy atom. The van der Waals surface area contributed by atoms with Crippen LogP contribution in [0.2, 0.25) is 0 Å². The van der Waals surface area contributed by atoms with Crippen LogP contribution in [-0.4, -0.2) is 65.1 Å². The number of morpholine rings is 1. The number of ether oxygens (including phenoxy) is 2. The molecule has 2 aromatic rings. The third-order valence-corrected chi connectivity index (χ3v) is 5.83. The van der Waals surface area contributed by atoms with Gasteiger partial charge in [0, 0.05) is 38.3 Å². The number of hydrogen-bond donors (Lipinski definition) is 1. The van der Waals surface area contributed by atoms with E-state index in [0.717, 1.165) is 0 Å². The first-order chi connectivity index (χ1) is 15.5. The summed E-state index contributed by atoms with van der Waals surface area (Å²) in [5, 5.41) is 2.91. The van der Waals surface area contributed by atoms with Gasteiger partial charge in [0.2, 0.25) is 11.8 Å². The zero-order valence-electron chi connectivity index (χ0n) is 18.6. The largest absolute Gasteiger partial charge is 0.437 e. The Morgan fingerprint density at radius 3 is 2.38 bits per heavy atom. The van der Waals surface area contributed by atoms with Crippen molar-refractivity contribution in [3.8, 4) is 11.6 Å². The number of nitrogens with one attached hydrogen (secondary N) is 1. The minimum Gasteiger partial charge on any atom is -0.437 e. The Balaban J connectivity index is 1.32. The number of aromatic nitrogens is 1. The summed E-state index contributed by atoms with van der Waals surface area (Å²) >= 11 is 0. The minimum absolute atomic E-state index is 0.0492. The number of carbonyl (C=O) groups excluding carboxylic acids is 2. The van der Waals surface area contributed by atoms with Crippen molar-refractivity contribution in [3.63, 3.8) is 0 Å². The lowest BCUT2D eigenvalue weighted by molar-refractivity contribution is -0.148. The molecule has 2 fully saturated rings. The standard InChI is InChI=1S/C24H30N4O4/c1-17-15-28(16-18(2)31-17)23(29)19-10-13-27(14-11-19)24(30)26-21-9-6-12-25-22(21)32-20-7-4-3-5-8-20/h3-9,12,17-19H,10-11,13-16H2,1-2H3,(H,26,30). The maximum atomic E-state index is 13.0. The molecule has 2 aliphatic rings. The summed E-state index contributed by atoms with van der Waals surface area (Å²) in [6, 6.07) is 12.6. The molecule has 0 aliphatic carbocycles. The number of nitrogens with zero attached hydrogens (tertiary/aromatic N) is 3. The van der Waals surface area contributed by atoms with E-state index in [-0.39, 0.29) is 30.1 Å². The number of carbonyl (C=O) groups is 2. The van der Waals surface area contributed by atoms with Crippen molar-refractivity contribution in [2.24, 2.45) is 5.92 Å². The van der Waals surface area contributed by atoms with Crippen molar-refractivity contribution in [2.45, 2.75) is 38.9 Å². The summed E-state index contributed by atoms with van der Waals surface area (Å²) in [7, 11) is 0. The second kappa shape index (κ2) is 9.99. The van der Waals surface area contributed by atoms with Crippen molar-refractivity contribution < 1.29 is 19.1 Å². The van der Waals surface area contributed by atoms with Gasteiger partial charge in [0.25, 0.3) is 0 Å². The van der Waals surface area contributed by atoms with Crippen LogP contribution in [0.15, 0.2) is 48.7 Å². The molecule has 1 N–H and O–H groups in total. The molecule has 0 radical (unpaired) electrons. The van der Waals surface area contributed by atoms with Crippen molar-refractivity contribution in [1.82, 2.24) is 14.8 Å². The van der Waals surface area contributed by atoms with Crippen LogP contribution in [0.3, 0.4) is 0 Å². The second-order valence-electron chi connectivity index (χ2n) is 8.46. The Bertz CT molecular complexity index is 921. The van der Waals surface area contributed by atoms with Gasteiger partial charge in [-0.1, -0.05) is 18.2 Å².